The van der Waals surface area contributed by atoms with Crippen LogP contribution in [0.3, 0.4) is 0 Å². The first-order valence-electron chi connectivity index (χ1n) is 5.94. The van der Waals surface area contributed by atoms with Crippen LogP contribution in [-0.4, -0.2) is 12.1 Å². The van der Waals surface area contributed by atoms with Crippen molar-refractivity contribution in [1.29, 1.82) is 0 Å². The summed E-state index contributed by atoms with van der Waals surface area (Å²) < 4.78 is 5.25. The van der Waals surface area contributed by atoms with Crippen LogP contribution in [0, 0.1) is 13.8 Å². The molecule has 0 fully saturated rings. The molecule has 0 aliphatic carbocycles. The Bertz CT molecular complexity index is 522. The Hall–Kier alpha value is -1.39. The van der Waals surface area contributed by atoms with Gasteiger partial charge in [-0.05, 0) is 31.0 Å². The van der Waals surface area contributed by atoms with Crippen molar-refractivity contribution in [2.24, 2.45) is 0 Å². The van der Waals surface area contributed by atoms with E-state index in [1.807, 2.05) is 19.2 Å². The van der Waals surface area contributed by atoms with Gasteiger partial charge in [0.05, 0.1) is 12.1 Å². The second-order valence-electron chi connectivity index (χ2n) is 4.25. The third kappa shape index (κ3) is 3.31. The molecule has 0 aliphatic rings. The number of thiazole rings is 1. The Morgan fingerprint density at radius 3 is 2.72 bits per heavy atom. The fourth-order valence-electron chi connectivity index (χ4n) is 1.87. The van der Waals surface area contributed by atoms with Crippen LogP contribution in [-0.2, 0) is 13.1 Å². The minimum absolute atomic E-state index is 0.863. The molecule has 0 spiro atoms. The Morgan fingerprint density at radius 2 is 2.11 bits per heavy atom. The Morgan fingerprint density at radius 1 is 1.28 bits per heavy atom. The van der Waals surface area contributed by atoms with Crippen LogP contribution < -0.4 is 10.1 Å². The fourth-order valence-corrected chi connectivity index (χ4v) is 2.63. The molecule has 1 heterocycles. The van der Waals surface area contributed by atoms with Crippen molar-refractivity contribution in [3.63, 3.8) is 0 Å². The highest BCUT2D eigenvalue weighted by Gasteiger charge is 2.01. The van der Waals surface area contributed by atoms with Gasteiger partial charge in [-0.3, -0.25) is 0 Å². The summed E-state index contributed by atoms with van der Waals surface area (Å²) in [5.74, 6) is 0.942. The average Bonchev–Trinajstić information content (AvgIpc) is 2.75. The lowest BCUT2D eigenvalue weighted by Crippen LogP contribution is -2.11. The minimum atomic E-state index is 0.863. The summed E-state index contributed by atoms with van der Waals surface area (Å²) in [5.41, 5.74) is 2.44. The molecule has 0 bridgehead atoms. The summed E-state index contributed by atoms with van der Waals surface area (Å²) >= 11 is 1.74. The van der Waals surface area contributed by atoms with Crippen LogP contribution in [0.4, 0.5) is 0 Å². The predicted octanol–water partition coefficient (Wildman–Crippen LogP) is 3.06. The van der Waals surface area contributed by atoms with Gasteiger partial charge in [-0.15, -0.1) is 11.3 Å². The lowest BCUT2D eigenvalue weighted by Gasteiger charge is -2.08. The van der Waals surface area contributed by atoms with Gasteiger partial charge in [-0.2, -0.15) is 0 Å². The molecule has 18 heavy (non-hydrogen) atoms. The third-order valence-corrected chi connectivity index (χ3v) is 3.67. The fraction of sp³-hybridized carbons (Fsp3) is 0.357. The average molecular weight is 262 g/mol. The molecule has 0 atom stereocenters. The third-order valence-electron chi connectivity index (χ3n) is 2.76. The Kier molecular flexibility index (Phi) is 4.33. The summed E-state index contributed by atoms with van der Waals surface area (Å²) in [5, 5.41) is 4.54. The predicted molar refractivity (Wildman–Crippen MR) is 75.1 cm³/mol. The highest BCUT2D eigenvalue weighted by molar-refractivity contribution is 7.11. The number of hydrogen-bond donors (Lipinski definition) is 1. The van der Waals surface area contributed by atoms with Gasteiger partial charge in [0, 0.05) is 24.2 Å². The first kappa shape index (κ1) is 13.1. The zero-order valence-corrected chi connectivity index (χ0v) is 11.8. The van der Waals surface area contributed by atoms with Crippen molar-refractivity contribution < 1.29 is 4.74 Å². The zero-order chi connectivity index (χ0) is 13.0. The maximum Gasteiger partial charge on any atom is 0.121 e. The zero-order valence-electron chi connectivity index (χ0n) is 11.0. The first-order valence-corrected chi connectivity index (χ1v) is 6.76. The number of nitrogens with zero attached hydrogens (tertiary/aromatic N) is 1. The van der Waals surface area contributed by atoms with Gasteiger partial charge in [0.25, 0.3) is 0 Å². The maximum atomic E-state index is 5.25. The Balaban J connectivity index is 1.88. The second-order valence-corrected chi connectivity index (χ2v) is 5.57. The summed E-state index contributed by atoms with van der Waals surface area (Å²) in [7, 11) is 1.70. The first-order chi connectivity index (χ1) is 8.69. The van der Waals surface area contributed by atoms with Gasteiger partial charge >= 0.3 is 0 Å². The number of rotatable bonds is 5. The lowest BCUT2D eigenvalue weighted by atomic mass is 10.1. The van der Waals surface area contributed by atoms with Gasteiger partial charge in [0.1, 0.15) is 5.75 Å². The summed E-state index contributed by atoms with van der Waals surface area (Å²) in [4.78, 5) is 5.52. The standard InChI is InChI=1S/C14H18N2OS/c1-10-6-12(4-5-14(10)17-3)7-15-8-13-9-16-11(2)18-13/h4-6,9,15H,7-8H2,1-3H3. The number of ether oxygens (including phenoxy) is 1. The van der Waals surface area contributed by atoms with Gasteiger partial charge < -0.3 is 10.1 Å². The van der Waals surface area contributed by atoms with E-state index in [2.05, 4.69) is 29.4 Å². The van der Waals surface area contributed by atoms with Gasteiger partial charge in [-0.1, -0.05) is 12.1 Å². The van der Waals surface area contributed by atoms with Crippen molar-refractivity contribution in [2.45, 2.75) is 26.9 Å². The second kappa shape index (κ2) is 5.98. The highest BCUT2D eigenvalue weighted by Crippen LogP contribution is 2.18. The molecule has 0 amide bonds. The quantitative estimate of drug-likeness (QED) is 0.899. The molecule has 0 aliphatic heterocycles. The van der Waals surface area contributed by atoms with Crippen molar-refractivity contribution in [1.82, 2.24) is 10.3 Å². The Labute approximate surface area is 112 Å². The van der Waals surface area contributed by atoms with E-state index < -0.39 is 0 Å². The van der Waals surface area contributed by atoms with E-state index in [1.54, 1.807) is 18.4 Å². The van der Waals surface area contributed by atoms with E-state index in [1.165, 1.54) is 16.0 Å². The minimum Gasteiger partial charge on any atom is -0.496 e. The number of hydrogen-bond acceptors (Lipinski definition) is 4. The van der Waals surface area contributed by atoms with E-state index in [9.17, 15) is 0 Å². The number of aromatic nitrogens is 1. The van der Waals surface area contributed by atoms with Gasteiger partial charge in [-0.25, -0.2) is 4.98 Å². The van der Waals surface area contributed by atoms with E-state index >= 15 is 0 Å². The molecule has 0 unspecified atom stereocenters. The molecule has 2 aromatic rings. The van der Waals surface area contributed by atoms with Gasteiger partial charge in [0.15, 0.2) is 0 Å². The van der Waals surface area contributed by atoms with Crippen molar-refractivity contribution >= 4 is 11.3 Å². The molecule has 96 valence electrons. The topological polar surface area (TPSA) is 34.1 Å². The van der Waals surface area contributed by atoms with Crippen LogP contribution >= 0.6 is 11.3 Å². The van der Waals surface area contributed by atoms with E-state index in [4.69, 9.17) is 4.74 Å². The number of nitrogens with one attached hydrogen (secondary N) is 1. The lowest BCUT2D eigenvalue weighted by molar-refractivity contribution is 0.411. The summed E-state index contributed by atoms with van der Waals surface area (Å²) in [6.45, 7) is 5.83. The summed E-state index contributed by atoms with van der Waals surface area (Å²) in [6, 6.07) is 6.27. The molecular formula is C14H18N2OS. The molecule has 2 rings (SSSR count). The van der Waals surface area contributed by atoms with Crippen LogP contribution in [0.25, 0.3) is 0 Å². The maximum absolute atomic E-state index is 5.25. The molecule has 0 saturated heterocycles. The molecule has 1 aromatic carbocycles. The summed E-state index contributed by atoms with van der Waals surface area (Å²) in [6.07, 6.45) is 1.94. The van der Waals surface area contributed by atoms with Crippen LogP contribution in [0.1, 0.15) is 21.0 Å². The largest absolute Gasteiger partial charge is 0.496 e. The normalized spacial score (nSPS) is 10.6. The smallest absolute Gasteiger partial charge is 0.121 e. The van der Waals surface area contributed by atoms with Crippen LogP contribution in [0.2, 0.25) is 0 Å². The molecule has 3 nitrogen and oxygen atoms in total. The molecular weight excluding hydrogens is 244 g/mol. The molecule has 1 N–H and O–H groups in total. The van der Waals surface area contributed by atoms with Crippen molar-refractivity contribution in [3.05, 3.63) is 45.4 Å². The molecule has 0 radical (unpaired) electrons. The van der Waals surface area contributed by atoms with Crippen LogP contribution in [0.5, 0.6) is 5.75 Å². The molecule has 4 heteroatoms. The van der Waals surface area contributed by atoms with Gasteiger partial charge in [0.2, 0.25) is 0 Å². The molecule has 0 saturated carbocycles. The van der Waals surface area contributed by atoms with E-state index in [-0.39, 0.29) is 0 Å². The highest BCUT2D eigenvalue weighted by atomic mass is 32.1. The van der Waals surface area contributed by atoms with E-state index in [0.717, 1.165) is 23.8 Å². The van der Waals surface area contributed by atoms with Crippen LogP contribution in [0.15, 0.2) is 24.4 Å². The van der Waals surface area contributed by atoms with Crippen molar-refractivity contribution in [2.75, 3.05) is 7.11 Å². The monoisotopic (exact) mass is 262 g/mol. The van der Waals surface area contributed by atoms with Crippen molar-refractivity contribution in [3.8, 4) is 5.75 Å². The number of aryl methyl sites for hydroxylation is 2. The molecule has 1 aromatic heterocycles. The van der Waals surface area contributed by atoms with E-state index in [0.29, 0.717) is 0 Å². The number of benzene rings is 1. The SMILES string of the molecule is COc1ccc(CNCc2cnc(C)s2)cc1C. The number of methoxy groups -OCH3 is 1.